The number of nitrogens with one attached hydrogen (secondary N) is 1. The van der Waals surface area contributed by atoms with E-state index in [2.05, 4.69) is 5.32 Å². The first-order valence-electron chi connectivity index (χ1n) is 2.59. The van der Waals surface area contributed by atoms with Crippen LogP contribution in [-0.4, -0.2) is 19.4 Å². The van der Waals surface area contributed by atoms with Gasteiger partial charge in [0.25, 0.3) is 0 Å². The van der Waals surface area contributed by atoms with Crippen LogP contribution in [0.5, 0.6) is 0 Å². The van der Waals surface area contributed by atoms with Gasteiger partial charge in [0, 0.05) is 12.5 Å². The maximum Gasteiger partial charge on any atom is 0.124 e. The molecule has 0 aliphatic carbocycles. The van der Waals surface area contributed by atoms with Crippen LogP contribution in [0.3, 0.4) is 0 Å². The summed E-state index contributed by atoms with van der Waals surface area (Å²) in [6, 6.07) is 0. The molecule has 1 aliphatic heterocycles. The predicted molar refractivity (Wildman–Crippen MR) is 27.0 cm³/mol. The third-order valence-electron chi connectivity index (χ3n) is 1.29. The molecule has 1 atom stereocenters. The van der Waals surface area contributed by atoms with Gasteiger partial charge >= 0.3 is 0 Å². The molecular formula is C5H9NO. The van der Waals surface area contributed by atoms with Gasteiger partial charge in [0.15, 0.2) is 0 Å². The molecule has 1 heterocycles. The molecule has 0 radical (unpaired) electrons. The molecule has 1 saturated heterocycles. The van der Waals surface area contributed by atoms with E-state index in [0.29, 0.717) is 5.92 Å². The lowest BCUT2D eigenvalue weighted by atomic mass is 10.2. The predicted octanol–water partition coefficient (Wildman–Crippen LogP) is -0.205. The monoisotopic (exact) mass is 99.1 g/mol. The van der Waals surface area contributed by atoms with Gasteiger partial charge in [-0.05, 0) is 13.0 Å². The number of hydrogen-bond donors (Lipinski definition) is 1. The maximum atomic E-state index is 9.97. The summed E-state index contributed by atoms with van der Waals surface area (Å²) < 4.78 is 0. The summed E-state index contributed by atoms with van der Waals surface area (Å²) in [5, 5.41) is 3.09. The highest BCUT2D eigenvalue weighted by molar-refractivity contribution is 5.54. The zero-order valence-electron chi connectivity index (χ0n) is 4.18. The van der Waals surface area contributed by atoms with Gasteiger partial charge in [0.05, 0.1) is 0 Å². The van der Waals surface area contributed by atoms with Crippen molar-refractivity contribution in [2.24, 2.45) is 5.92 Å². The van der Waals surface area contributed by atoms with Crippen molar-refractivity contribution in [2.75, 3.05) is 13.1 Å². The summed E-state index contributed by atoms with van der Waals surface area (Å²) in [6.07, 6.45) is 2.06. The molecular weight excluding hydrogens is 90.1 g/mol. The molecule has 1 N–H and O–H groups in total. The standard InChI is InChI=1S/C5H9NO/c7-4-5-1-2-6-3-5/h4-6H,1-3H2/t5-/m0/s1. The van der Waals surface area contributed by atoms with Gasteiger partial charge in [0.1, 0.15) is 6.29 Å². The van der Waals surface area contributed by atoms with Gasteiger partial charge < -0.3 is 10.1 Å². The summed E-state index contributed by atoms with van der Waals surface area (Å²) in [7, 11) is 0. The average Bonchev–Trinajstić information content (AvgIpc) is 2.14. The van der Waals surface area contributed by atoms with Crippen LogP contribution in [-0.2, 0) is 4.79 Å². The van der Waals surface area contributed by atoms with Crippen LogP contribution in [0.4, 0.5) is 0 Å². The molecule has 0 aromatic rings. The minimum absolute atomic E-state index is 0.306. The Bertz CT molecular complexity index is 66.5. The van der Waals surface area contributed by atoms with Crippen molar-refractivity contribution in [1.82, 2.24) is 5.32 Å². The first-order valence-corrected chi connectivity index (χ1v) is 2.59. The van der Waals surface area contributed by atoms with Gasteiger partial charge in [-0.15, -0.1) is 0 Å². The lowest BCUT2D eigenvalue weighted by molar-refractivity contribution is -0.110. The largest absolute Gasteiger partial charge is 0.316 e. The van der Waals surface area contributed by atoms with Crippen LogP contribution in [0.2, 0.25) is 0 Å². The second-order valence-corrected chi connectivity index (χ2v) is 1.89. The van der Waals surface area contributed by atoms with E-state index < -0.39 is 0 Å². The number of carbonyl (C=O) groups is 1. The molecule has 0 aromatic heterocycles. The molecule has 40 valence electrons. The number of hydrogen-bond acceptors (Lipinski definition) is 2. The Morgan fingerprint density at radius 2 is 2.57 bits per heavy atom. The minimum atomic E-state index is 0.306. The Kier molecular flexibility index (Phi) is 1.42. The Hall–Kier alpha value is -0.370. The number of rotatable bonds is 1. The summed E-state index contributed by atoms with van der Waals surface area (Å²) in [4.78, 5) is 9.97. The average molecular weight is 99.1 g/mol. The van der Waals surface area contributed by atoms with Crippen LogP contribution in [0.25, 0.3) is 0 Å². The third kappa shape index (κ3) is 0.996. The van der Waals surface area contributed by atoms with Crippen LogP contribution in [0.15, 0.2) is 0 Å². The SMILES string of the molecule is O=C[C@H]1CCNC1. The first kappa shape index (κ1) is 4.78. The summed E-state index contributed by atoms with van der Waals surface area (Å²) in [6.45, 7) is 1.91. The Morgan fingerprint density at radius 3 is 2.86 bits per heavy atom. The van der Waals surface area contributed by atoms with Crippen molar-refractivity contribution in [3.05, 3.63) is 0 Å². The van der Waals surface area contributed by atoms with Crippen molar-refractivity contribution >= 4 is 6.29 Å². The number of aldehydes is 1. The fourth-order valence-corrected chi connectivity index (χ4v) is 0.793. The molecule has 0 amide bonds. The quantitative estimate of drug-likeness (QED) is 0.461. The van der Waals surface area contributed by atoms with Crippen molar-refractivity contribution in [3.8, 4) is 0 Å². The Morgan fingerprint density at radius 1 is 1.71 bits per heavy atom. The summed E-state index contributed by atoms with van der Waals surface area (Å²) in [5.74, 6) is 0.306. The minimum Gasteiger partial charge on any atom is -0.316 e. The van der Waals surface area contributed by atoms with E-state index in [0.717, 1.165) is 25.8 Å². The molecule has 2 heteroatoms. The fourth-order valence-electron chi connectivity index (χ4n) is 0.793. The molecule has 1 aliphatic rings. The third-order valence-corrected chi connectivity index (χ3v) is 1.29. The molecule has 1 fully saturated rings. The highest BCUT2D eigenvalue weighted by Gasteiger charge is 2.11. The van der Waals surface area contributed by atoms with E-state index in [1.165, 1.54) is 0 Å². The van der Waals surface area contributed by atoms with E-state index in [1.54, 1.807) is 0 Å². The molecule has 0 spiro atoms. The fraction of sp³-hybridized carbons (Fsp3) is 0.800. The lowest BCUT2D eigenvalue weighted by Crippen LogP contribution is -2.09. The molecule has 2 nitrogen and oxygen atoms in total. The summed E-state index contributed by atoms with van der Waals surface area (Å²) >= 11 is 0. The Balaban J connectivity index is 2.26. The van der Waals surface area contributed by atoms with Crippen molar-refractivity contribution < 1.29 is 4.79 Å². The molecule has 0 aromatic carbocycles. The van der Waals surface area contributed by atoms with E-state index in [4.69, 9.17) is 0 Å². The van der Waals surface area contributed by atoms with Crippen molar-refractivity contribution in [3.63, 3.8) is 0 Å². The van der Waals surface area contributed by atoms with Crippen molar-refractivity contribution in [1.29, 1.82) is 0 Å². The highest BCUT2D eigenvalue weighted by atomic mass is 16.1. The molecule has 7 heavy (non-hydrogen) atoms. The number of carbonyl (C=O) groups excluding carboxylic acids is 1. The zero-order chi connectivity index (χ0) is 5.11. The second kappa shape index (κ2) is 2.07. The van der Waals surface area contributed by atoms with Crippen LogP contribution in [0.1, 0.15) is 6.42 Å². The molecule has 1 rings (SSSR count). The smallest absolute Gasteiger partial charge is 0.124 e. The van der Waals surface area contributed by atoms with Crippen LogP contribution in [0, 0.1) is 5.92 Å². The van der Waals surface area contributed by atoms with Gasteiger partial charge in [-0.1, -0.05) is 0 Å². The zero-order valence-corrected chi connectivity index (χ0v) is 4.18. The topological polar surface area (TPSA) is 29.1 Å². The lowest BCUT2D eigenvalue weighted by Gasteiger charge is -1.89. The van der Waals surface area contributed by atoms with E-state index in [1.807, 2.05) is 0 Å². The van der Waals surface area contributed by atoms with Crippen molar-refractivity contribution in [2.45, 2.75) is 6.42 Å². The highest BCUT2D eigenvalue weighted by Crippen LogP contribution is 2.01. The van der Waals surface area contributed by atoms with E-state index in [-0.39, 0.29) is 0 Å². The van der Waals surface area contributed by atoms with Gasteiger partial charge in [0.2, 0.25) is 0 Å². The van der Waals surface area contributed by atoms with Crippen LogP contribution < -0.4 is 5.32 Å². The summed E-state index contributed by atoms with van der Waals surface area (Å²) in [5.41, 5.74) is 0. The first-order chi connectivity index (χ1) is 3.43. The van der Waals surface area contributed by atoms with Gasteiger partial charge in [-0.3, -0.25) is 0 Å². The van der Waals surface area contributed by atoms with Gasteiger partial charge in [-0.25, -0.2) is 0 Å². The maximum absolute atomic E-state index is 9.97. The van der Waals surface area contributed by atoms with E-state index in [9.17, 15) is 4.79 Å². The van der Waals surface area contributed by atoms with Crippen LogP contribution >= 0.6 is 0 Å². The normalized spacial score (nSPS) is 30.6. The second-order valence-electron chi connectivity index (χ2n) is 1.89. The van der Waals surface area contributed by atoms with Gasteiger partial charge in [-0.2, -0.15) is 0 Å². The molecule has 0 bridgehead atoms. The Labute approximate surface area is 42.9 Å². The molecule has 0 saturated carbocycles. The molecule has 0 unspecified atom stereocenters. The van der Waals surface area contributed by atoms with E-state index >= 15 is 0 Å².